The number of nitrogens with zero attached hydrogens (tertiary/aromatic N) is 1. The number of anilines is 1. The van der Waals surface area contributed by atoms with Crippen LogP contribution in [0, 0.1) is 0 Å². The molecule has 0 atom stereocenters. The number of pyridine rings is 1. The Morgan fingerprint density at radius 3 is 2.69 bits per heavy atom. The van der Waals surface area contributed by atoms with Gasteiger partial charge < -0.3 is 10.6 Å². The number of rotatable bonds is 6. The van der Waals surface area contributed by atoms with Crippen LogP contribution in [0.1, 0.15) is 11.1 Å². The lowest BCUT2D eigenvalue weighted by Crippen LogP contribution is -2.28. The number of hydrogen-bond donors (Lipinski definition) is 2. The van der Waals surface area contributed by atoms with Gasteiger partial charge in [-0.25, -0.2) is 9.78 Å². The summed E-state index contributed by atoms with van der Waals surface area (Å²) in [7, 11) is 0. The fraction of sp³-hybridized carbons (Fsp3) is 0.100. The molecule has 3 aromatic rings. The molecule has 0 aliphatic rings. The van der Waals surface area contributed by atoms with Crippen LogP contribution in [0.25, 0.3) is 0 Å². The zero-order chi connectivity index (χ0) is 18.2. The summed E-state index contributed by atoms with van der Waals surface area (Å²) in [6, 6.07) is 20.8. The highest BCUT2D eigenvalue weighted by atomic mass is 35.5. The monoisotopic (exact) mass is 383 g/mol. The summed E-state index contributed by atoms with van der Waals surface area (Å²) >= 11 is 7.75. The maximum absolute atomic E-state index is 12.1. The predicted octanol–water partition coefficient (Wildman–Crippen LogP) is 5.35. The van der Waals surface area contributed by atoms with Crippen molar-refractivity contribution in [2.75, 3.05) is 5.32 Å². The zero-order valence-corrected chi connectivity index (χ0v) is 15.6. The molecule has 26 heavy (non-hydrogen) atoms. The molecule has 0 bridgehead atoms. The van der Waals surface area contributed by atoms with Crippen molar-refractivity contribution >= 4 is 35.1 Å². The third-order valence-electron chi connectivity index (χ3n) is 3.61. The minimum absolute atomic E-state index is 0.264. The van der Waals surface area contributed by atoms with Crippen LogP contribution in [0.15, 0.2) is 78.0 Å². The first-order valence-electron chi connectivity index (χ1n) is 8.12. The first-order chi connectivity index (χ1) is 12.7. The summed E-state index contributed by atoms with van der Waals surface area (Å²) in [5.41, 5.74) is 2.75. The van der Waals surface area contributed by atoms with Gasteiger partial charge in [-0.05, 0) is 41.5 Å². The second kappa shape index (κ2) is 9.27. The lowest BCUT2D eigenvalue weighted by molar-refractivity contribution is 0.251. The Balaban J connectivity index is 1.53. The largest absolute Gasteiger partial charge is 0.334 e. The molecule has 0 radical (unpaired) electrons. The molecule has 0 saturated heterocycles. The van der Waals surface area contributed by atoms with Crippen LogP contribution >= 0.6 is 23.4 Å². The third-order valence-corrected chi connectivity index (χ3v) is 4.99. The highest BCUT2D eigenvalue weighted by Gasteiger charge is 2.05. The number of benzene rings is 2. The lowest BCUT2D eigenvalue weighted by atomic mass is 10.2. The number of halogens is 1. The number of amides is 2. The number of carbonyl (C=O) groups is 1. The van der Waals surface area contributed by atoms with Crippen molar-refractivity contribution in [2.45, 2.75) is 17.3 Å². The number of aromatic nitrogens is 1. The molecule has 4 nitrogen and oxygen atoms in total. The number of carbonyl (C=O) groups excluding carboxylic acids is 1. The van der Waals surface area contributed by atoms with Crippen LogP contribution in [0.3, 0.4) is 0 Å². The molecule has 0 aliphatic heterocycles. The van der Waals surface area contributed by atoms with Crippen LogP contribution in [0.4, 0.5) is 10.5 Å². The van der Waals surface area contributed by atoms with Crippen LogP contribution < -0.4 is 10.6 Å². The van der Waals surface area contributed by atoms with Crippen molar-refractivity contribution in [1.82, 2.24) is 10.3 Å². The summed E-state index contributed by atoms with van der Waals surface area (Å²) in [5, 5.41) is 7.28. The van der Waals surface area contributed by atoms with E-state index in [4.69, 9.17) is 11.6 Å². The molecule has 3 rings (SSSR count). The van der Waals surface area contributed by atoms with E-state index in [1.165, 1.54) is 0 Å². The highest BCUT2D eigenvalue weighted by Crippen LogP contribution is 2.22. The van der Waals surface area contributed by atoms with E-state index >= 15 is 0 Å². The van der Waals surface area contributed by atoms with Crippen molar-refractivity contribution < 1.29 is 4.79 Å². The standard InChI is InChI=1S/C20H18ClN3OS/c21-18-9-2-1-7-16(18)13-23-20(25)24-17-8-5-6-15(12-17)14-26-19-10-3-4-11-22-19/h1-12H,13-14H2,(H2,23,24,25). The van der Waals surface area contributed by atoms with Gasteiger partial charge in [0, 0.05) is 29.2 Å². The van der Waals surface area contributed by atoms with Gasteiger partial charge in [0.1, 0.15) is 0 Å². The van der Waals surface area contributed by atoms with E-state index in [9.17, 15) is 4.79 Å². The van der Waals surface area contributed by atoms with E-state index in [2.05, 4.69) is 15.6 Å². The second-order valence-corrected chi connectivity index (χ2v) is 6.96. The first kappa shape index (κ1) is 18.3. The van der Waals surface area contributed by atoms with Crippen molar-refractivity contribution in [3.8, 4) is 0 Å². The second-order valence-electron chi connectivity index (χ2n) is 5.56. The van der Waals surface area contributed by atoms with Crippen LogP contribution in [-0.2, 0) is 12.3 Å². The SMILES string of the molecule is O=C(NCc1ccccc1Cl)Nc1cccc(CSc2ccccn2)c1. The van der Waals surface area contributed by atoms with Gasteiger partial charge in [-0.15, -0.1) is 11.8 Å². The Morgan fingerprint density at radius 1 is 1.04 bits per heavy atom. The molecule has 0 saturated carbocycles. The average molecular weight is 384 g/mol. The molecule has 1 aromatic heterocycles. The first-order valence-corrected chi connectivity index (χ1v) is 9.48. The fourth-order valence-electron chi connectivity index (χ4n) is 2.32. The van der Waals surface area contributed by atoms with Gasteiger partial charge >= 0.3 is 6.03 Å². The fourth-order valence-corrected chi connectivity index (χ4v) is 3.33. The molecule has 0 unspecified atom stereocenters. The topological polar surface area (TPSA) is 54.0 Å². The smallest absolute Gasteiger partial charge is 0.319 e. The number of urea groups is 1. The Bertz CT molecular complexity index is 874. The quantitative estimate of drug-likeness (QED) is 0.564. The van der Waals surface area contributed by atoms with E-state index in [-0.39, 0.29) is 6.03 Å². The molecule has 0 spiro atoms. The van der Waals surface area contributed by atoms with E-state index in [0.717, 1.165) is 27.6 Å². The lowest BCUT2D eigenvalue weighted by Gasteiger charge is -2.10. The predicted molar refractivity (Wildman–Crippen MR) is 108 cm³/mol. The van der Waals surface area contributed by atoms with Crippen molar-refractivity contribution in [2.24, 2.45) is 0 Å². The summed E-state index contributed by atoms with van der Waals surface area (Å²) in [6.07, 6.45) is 1.78. The van der Waals surface area contributed by atoms with Crippen molar-refractivity contribution in [1.29, 1.82) is 0 Å². The average Bonchev–Trinajstić information content (AvgIpc) is 2.67. The van der Waals surface area contributed by atoms with Gasteiger partial charge in [0.15, 0.2) is 0 Å². The normalized spacial score (nSPS) is 10.3. The molecule has 0 fully saturated rings. The van der Waals surface area contributed by atoms with Crippen LogP contribution in [0.2, 0.25) is 5.02 Å². The molecule has 2 aromatic carbocycles. The zero-order valence-electron chi connectivity index (χ0n) is 14.0. The van der Waals surface area contributed by atoms with E-state index < -0.39 is 0 Å². The number of hydrogen-bond acceptors (Lipinski definition) is 3. The minimum Gasteiger partial charge on any atom is -0.334 e. The minimum atomic E-state index is -0.264. The van der Waals surface area contributed by atoms with E-state index in [1.54, 1.807) is 24.0 Å². The Kier molecular flexibility index (Phi) is 6.52. The molecule has 2 N–H and O–H groups in total. The number of thioether (sulfide) groups is 1. The maximum atomic E-state index is 12.1. The summed E-state index contributed by atoms with van der Waals surface area (Å²) in [4.78, 5) is 16.4. The molecule has 132 valence electrons. The van der Waals surface area contributed by atoms with Gasteiger partial charge in [-0.3, -0.25) is 0 Å². The van der Waals surface area contributed by atoms with Gasteiger partial charge in [0.05, 0.1) is 5.03 Å². The molecule has 2 amide bonds. The van der Waals surface area contributed by atoms with E-state index in [0.29, 0.717) is 11.6 Å². The van der Waals surface area contributed by atoms with E-state index in [1.807, 2.05) is 60.7 Å². The third kappa shape index (κ3) is 5.51. The van der Waals surface area contributed by atoms with Gasteiger partial charge in [-0.1, -0.05) is 48.0 Å². The summed E-state index contributed by atoms with van der Waals surface area (Å²) in [5.74, 6) is 0.785. The van der Waals surface area contributed by atoms with Crippen molar-refractivity contribution in [3.05, 3.63) is 89.1 Å². The molecular formula is C20H18ClN3OS. The Hall–Kier alpha value is -2.50. The Labute approximate surface area is 162 Å². The van der Waals surface area contributed by atoms with Gasteiger partial charge in [-0.2, -0.15) is 0 Å². The maximum Gasteiger partial charge on any atom is 0.319 e. The van der Waals surface area contributed by atoms with Crippen LogP contribution in [-0.4, -0.2) is 11.0 Å². The number of nitrogens with one attached hydrogen (secondary N) is 2. The van der Waals surface area contributed by atoms with Crippen molar-refractivity contribution in [3.63, 3.8) is 0 Å². The molecule has 6 heteroatoms. The molecular weight excluding hydrogens is 366 g/mol. The summed E-state index contributed by atoms with van der Waals surface area (Å²) < 4.78 is 0. The Morgan fingerprint density at radius 2 is 1.88 bits per heavy atom. The molecule has 1 heterocycles. The molecule has 0 aliphatic carbocycles. The van der Waals surface area contributed by atoms with Gasteiger partial charge in [0.25, 0.3) is 0 Å². The van der Waals surface area contributed by atoms with Gasteiger partial charge in [0.2, 0.25) is 0 Å². The highest BCUT2D eigenvalue weighted by molar-refractivity contribution is 7.98. The summed E-state index contributed by atoms with van der Waals surface area (Å²) in [6.45, 7) is 0.376. The van der Waals surface area contributed by atoms with Crippen LogP contribution in [0.5, 0.6) is 0 Å².